The Labute approximate surface area is 92.0 Å². The first-order valence-corrected chi connectivity index (χ1v) is 5.27. The van der Waals surface area contributed by atoms with Gasteiger partial charge in [0.15, 0.2) is 0 Å². The summed E-state index contributed by atoms with van der Waals surface area (Å²) in [5.74, 6) is 0.791. The quantitative estimate of drug-likeness (QED) is 0.455. The van der Waals surface area contributed by atoms with Crippen LogP contribution in [-0.4, -0.2) is 38.8 Å². The molecular weight excluding hydrogens is 188 g/mol. The van der Waals surface area contributed by atoms with Crippen molar-refractivity contribution in [3.63, 3.8) is 0 Å². The highest BCUT2D eigenvalue weighted by Crippen LogP contribution is 2.19. The highest BCUT2D eigenvalue weighted by atomic mass is 16.5. The van der Waals surface area contributed by atoms with Crippen molar-refractivity contribution in [1.82, 2.24) is 0 Å². The third-order valence-corrected chi connectivity index (χ3v) is 2.15. The molecule has 0 aromatic heterocycles. The summed E-state index contributed by atoms with van der Waals surface area (Å²) in [5, 5.41) is 0. The van der Waals surface area contributed by atoms with Crippen LogP contribution in [0.5, 0.6) is 5.75 Å². The summed E-state index contributed by atoms with van der Waals surface area (Å²) in [6.07, 6.45) is 1.04. The van der Waals surface area contributed by atoms with Crippen LogP contribution in [0.1, 0.15) is 6.42 Å². The van der Waals surface area contributed by atoms with Crippen LogP contribution in [0, 0.1) is 0 Å². The number of hydrogen-bond donors (Lipinski definition) is 1. The minimum Gasteiger partial charge on any atom is -0.491 e. The third-order valence-electron chi connectivity index (χ3n) is 2.15. The van der Waals surface area contributed by atoms with Gasteiger partial charge in [-0.3, -0.25) is 0 Å². The number of nitrogens with zero attached hydrogens (tertiary/aromatic N) is 1. The molecular formula is C12H21N2O+. The minimum absolute atomic E-state index is 0.711. The van der Waals surface area contributed by atoms with Crippen molar-refractivity contribution in [3.8, 4) is 5.75 Å². The molecule has 0 bridgehead atoms. The zero-order valence-corrected chi connectivity index (χ0v) is 9.86. The van der Waals surface area contributed by atoms with Crippen LogP contribution in [0.3, 0.4) is 0 Å². The zero-order chi connectivity index (χ0) is 11.3. The average molecular weight is 209 g/mol. The summed E-state index contributed by atoms with van der Waals surface area (Å²) in [4.78, 5) is 0. The maximum absolute atomic E-state index is 5.76. The number of quaternary nitrogens is 1. The number of anilines is 1. The molecule has 15 heavy (non-hydrogen) atoms. The molecule has 2 N–H and O–H groups in total. The summed E-state index contributed by atoms with van der Waals surface area (Å²) < 4.78 is 6.56. The van der Waals surface area contributed by atoms with Gasteiger partial charge >= 0.3 is 0 Å². The fraction of sp³-hybridized carbons (Fsp3) is 0.500. The zero-order valence-electron chi connectivity index (χ0n) is 9.86. The Morgan fingerprint density at radius 1 is 1.20 bits per heavy atom. The molecule has 0 saturated carbocycles. The SMILES string of the molecule is C[N+](C)(C)CCCOc1ccccc1N. The van der Waals surface area contributed by atoms with Gasteiger partial charge in [0.2, 0.25) is 0 Å². The Morgan fingerprint density at radius 2 is 1.87 bits per heavy atom. The second-order valence-electron chi connectivity index (χ2n) is 4.75. The second kappa shape index (κ2) is 5.03. The van der Waals surface area contributed by atoms with E-state index < -0.39 is 0 Å². The molecule has 1 rings (SSSR count). The predicted molar refractivity (Wildman–Crippen MR) is 63.9 cm³/mol. The molecule has 0 radical (unpaired) electrons. The van der Waals surface area contributed by atoms with Crippen molar-refractivity contribution < 1.29 is 9.22 Å². The Hall–Kier alpha value is -1.22. The van der Waals surface area contributed by atoms with E-state index in [1.54, 1.807) is 0 Å². The normalized spacial score (nSPS) is 11.4. The smallest absolute Gasteiger partial charge is 0.142 e. The maximum atomic E-state index is 5.76. The van der Waals surface area contributed by atoms with Gasteiger partial charge in [-0.2, -0.15) is 0 Å². The van der Waals surface area contributed by atoms with E-state index in [9.17, 15) is 0 Å². The number of nitrogens with two attached hydrogens (primary N) is 1. The largest absolute Gasteiger partial charge is 0.491 e. The van der Waals surface area contributed by atoms with E-state index in [4.69, 9.17) is 10.5 Å². The van der Waals surface area contributed by atoms with Crippen molar-refractivity contribution in [3.05, 3.63) is 24.3 Å². The molecule has 0 aliphatic carbocycles. The van der Waals surface area contributed by atoms with Gasteiger partial charge in [0.25, 0.3) is 0 Å². The van der Waals surface area contributed by atoms with E-state index in [1.165, 1.54) is 0 Å². The summed E-state index contributed by atoms with van der Waals surface area (Å²) in [6.45, 7) is 1.83. The highest BCUT2D eigenvalue weighted by Gasteiger charge is 2.06. The average Bonchev–Trinajstić information content (AvgIpc) is 2.13. The van der Waals surface area contributed by atoms with Crippen LogP contribution in [0.15, 0.2) is 24.3 Å². The number of benzene rings is 1. The number of ether oxygens (including phenoxy) is 1. The number of para-hydroxylation sites is 2. The second-order valence-corrected chi connectivity index (χ2v) is 4.75. The van der Waals surface area contributed by atoms with Gasteiger partial charge in [0, 0.05) is 6.42 Å². The molecule has 0 saturated heterocycles. The molecule has 1 aromatic carbocycles. The van der Waals surface area contributed by atoms with Gasteiger partial charge in [-0.05, 0) is 12.1 Å². The van der Waals surface area contributed by atoms with Crippen LogP contribution in [0.4, 0.5) is 5.69 Å². The molecule has 0 aliphatic heterocycles. The molecule has 1 aromatic rings. The summed E-state index contributed by atoms with van der Waals surface area (Å²) in [7, 11) is 6.53. The van der Waals surface area contributed by atoms with Crippen LogP contribution < -0.4 is 10.5 Å². The van der Waals surface area contributed by atoms with Gasteiger partial charge in [-0.25, -0.2) is 0 Å². The van der Waals surface area contributed by atoms with Gasteiger partial charge < -0.3 is 15.0 Å². The van der Waals surface area contributed by atoms with E-state index >= 15 is 0 Å². The first-order valence-electron chi connectivity index (χ1n) is 5.27. The van der Waals surface area contributed by atoms with Crippen molar-refractivity contribution >= 4 is 5.69 Å². The van der Waals surface area contributed by atoms with Crippen LogP contribution in [-0.2, 0) is 0 Å². The first-order chi connectivity index (χ1) is 6.99. The van der Waals surface area contributed by atoms with E-state index in [0.717, 1.165) is 29.8 Å². The Morgan fingerprint density at radius 3 is 2.47 bits per heavy atom. The topological polar surface area (TPSA) is 35.2 Å². The van der Waals surface area contributed by atoms with E-state index in [-0.39, 0.29) is 0 Å². The lowest BCUT2D eigenvalue weighted by molar-refractivity contribution is -0.870. The van der Waals surface area contributed by atoms with Gasteiger partial charge in [0.1, 0.15) is 5.75 Å². The number of nitrogen functional groups attached to an aromatic ring is 1. The molecule has 0 amide bonds. The van der Waals surface area contributed by atoms with Crippen molar-refractivity contribution in [2.45, 2.75) is 6.42 Å². The lowest BCUT2D eigenvalue weighted by Crippen LogP contribution is -2.35. The van der Waals surface area contributed by atoms with Gasteiger partial charge in [0.05, 0.1) is 40.0 Å². The lowest BCUT2D eigenvalue weighted by Gasteiger charge is -2.23. The Bertz CT molecular complexity index is 305. The monoisotopic (exact) mass is 209 g/mol. The minimum atomic E-state index is 0.711. The molecule has 0 spiro atoms. The fourth-order valence-corrected chi connectivity index (χ4v) is 1.33. The number of rotatable bonds is 5. The molecule has 0 atom stereocenters. The van der Waals surface area contributed by atoms with E-state index in [2.05, 4.69) is 21.1 Å². The first kappa shape index (κ1) is 11.9. The van der Waals surface area contributed by atoms with E-state index in [0.29, 0.717) is 5.69 Å². The maximum Gasteiger partial charge on any atom is 0.142 e. The summed E-state index contributed by atoms with van der Waals surface area (Å²) >= 11 is 0. The van der Waals surface area contributed by atoms with Crippen LogP contribution in [0.25, 0.3) is 0 Å². The summed E-state index contributed by atoms with van der Waals surface area (Å²) in [5.41, 5.74) is 6.47. The molecule has 3 heteroatoms. The fourth-order valence-electron chi connectivity index (χ4n) is 1.33. The van der Waals surface area contributed by atoms with Crippen molar-refractivity contribution in [2.24, 2.45) is 0 Å². The molecule has 0 aliphatic rings. The van der Waals surface area contributed by atoms with Crippen LogP contribution in [0.2, 0.25) is 0 Å². The Balaban J connectivity index is 2.30. The van der Waals surface area contributed by atoms with Crippen LogP contribution >= 0.6 is 0 Å². The predicted octanol–water partition coefficient (Wildman–Crippen LogP) is 1.74. The van der Waals surface area contributed by atoms with Gasteiger partial charge in [-0.15, -0.1) is 0 Å². The third kappa shape index (κ3) is 4.70. The highest BCUT2D eigenvalue weighted by molar-refractivity contribution is 5.51. The molecule has 0 unspecified atom stereocenters. The number of hydrogen-bond acceptors (Lipinski definition) is 2. The Kier molecular flexibility index (Phi) is 3.97. The van der Waals surface area contributed by atoms with Crippen molar-refractivity contribution in [1.29, 1.82) is 0 Å². The molecule has 3 nitrogen and oxygen atoms in total. The van der Waals surface area contributed by atoms with Gasteiger partial charge in [-0.1, -0.05) is 12.1 Å². The van der Waals surface area contributed by atoms with E-state index in [1.807, 2.05) is 24.3 Å². The summed E-state index contributed by atoms with van der Waals surface area (Å²) in [6, 6.07) is 7.61. The lowest BCUT2D eigenvalue weighted by atomic mass is 10.3. The standard InChI is InChI=1S/C12H21N2O/c1-14(2,3)9-6-10-15-12-8-5-4-7-11(12)13/h4-5,7-8H,6,9-10,13H2,1-3H3/q+1. The molecule has 0 fully saturated rings. The molecule has 0 heterocycles. The molecule has 84 valence electrons. The van der Waals surface area contributed by atoms with Crippen molar-refractivity contribution in [2.75, 3.05) is 40.0 Å².